The molecule has 0 bridgehead atoms. The molecule has 0 spiro atoms. The van der Waals surface area contributed by atoms with Crippen molar-refractivity contribution in [3.05, 3.63) is 0 Å². The minimum atomic E-state index is 0.0786. The van der Waals surface area contributed by atoms with Gasteiger partial charge in [-0.15, -0.1) is 0 Å². The van der Waals surface area contributed by atoms with Gasteiger partial charge in [-0.25, -0.2) is 0 Å². The third-order valence-electron chi connectivity index (χ3n) is 6.02. The molecule has 2 unspecified atom stereocenters. The van der Waals surface area contributed by atoms with Gasteiger partial charge in [-0.2, -0.15) is 0 Å². The number of carbonyl (C=O) groups excluding carboxylic acids is 1. The average molecular weight is 397 g/mol. The fraction of sp³-hybridized carbons (Fsp3) is 0.962. The van der Waals surface area contributed by atoms with Gasteiger partial charge < -0.3 is 4.74 Å². The molecular weight excluding hydrogens is 344 g/mol. The topological polar surface area (TPSA) is 26.3 Å². The molecule has 168 valence electrons. The van der Waals surface area contributed by atoms with Gasteiger partial charge in [0.05, 0.1) is 5.92 Å². The summed E-state index contributed by atoms with van der Waals surface area (Å²) in [7, 11) is 0. The minimum absolute atomic E-state index is 0.0786. The molecule has 0 rings (SSSR count). The summed E-state index contributed by atoms with van der Waals surface area (Å²) < 4.78 is 6.03. The van der Waals surface area contributed by atoms with E-state index in [9.17, 15) is 4.79 Å². The fourth-order valence-electron chi connectivity index (χ4n) is 3.94. The van der Waals surface area contributed by atoms with Gasteiger partial charge in [0.2, 0.25) is 0 Å². The lowest BCUT2D eigenvalue weighted by atomic mass is 9.98. The number of esters is 1. The molecule has 0 aromatic rings. The first-order chi connectivity index (χ1) is 13.7. The molecule has 2 heteroatoms. The second-order valence-electron chi connectivity index (χ2n) is 8.77. The summed E-state index contributed by atoms with van der Waals surface area (Å²) in [5, 5.41) is 0. The Hall–Kier alpha value is -0.530. The first-order valence-electron chi connectivity index (χ1n) is 12.9. The van der Waals surface area contributed by atoms with Crippen LogP contribution in [0.3, 0.4) is 0 Å². The Balaban J connectivity index is 4.27. The van der Waals surface area contributed by atoms with Gasteiger partial charge in [-0.05, 0) is 38.5 Å². The molecule has 0 aromatic heterocycles. The van der Waals surface area contributed by atoms with Crippen LogP contribution in [0, 0.1) is 5.92 Å². The Morgan fingerprint density at radius 1 is 0.571 bits per heavy atom. The zero-order valence-corrected chi connectivity index (χ0v) is 19.9. The maximum Gasteiger partial charge on any atom is 0.309 e. The van der Waals surface area contributed by atoms with Gasteiger partial charge >= 0.3 is 5.97 Å². The van der Waals surface area contributed by atoms with Crippen molar-refractivity contribution in [3.8, 4) is 0 Å². The molecule has 0 heterocycles. The number of hydrogen-bond donors (Lipinski definition) is 0. The number of hydrogen-bond acceptors (Lipinski definition) is 2. The van der Waals surface area contributed by atoms with Gasteiger partial charge in [0.1, 0.15) is 6.10 Å². The van der Waals surface area contributed by atoms with Crippen molar-refractivity contribution in [2.75, 3.05) is 0 Å². The first-order valence-corrected chi connectivity index (χ1v) is 12.9. The van der Waals surface area contributed by atoms with Crippen molar-refractivity contribution in [1.29, 1.82) is 0 Å². The molecular formula is C26H52O2. The molecule has 0 saturated carbocycles. The molecule has 0 radical (unpaired) electrons. The lowest BCUT2D eigenvalue weighted by Gasteiger charge is -2.21. The normalized spacial score (nSPS) is 13.4. The van der Waals surface area contributed by atoms with E-state index in [0.717, 1.165) is 38.5 Å². The van der Waals surface area contributed by atoms with E-state index in [2.05, 4.69) is 27.7 Å². The van der Waals surface area contributed by atoms with Crippen LogP contribution < -0.4 is 0 Å². The minimum Gasteiger partial charge on any atom is -0.462 e. The van der Waals surface area contributed by atoms with Crippen LogP contribution in [0.15, 0.2) is 0 Å². The Labute approximate surface area is 177 Å². The standard InChI is InChI=1S/C26H52O2/c1-5-9-12-14-16-18-20-23-25(22-19-17-15-13-10-6-2)28-26(27)24(8-4)21-11-7-3/h24-25H,5-23H2,1-4H3. The second-order valence-corrected chi connectivity index (χ2v) is 8.77. The Kier molecular flexibility index (Phi) is 20.8. The van der Waals surface area contributed by atoms with E-state index in [4.69, 9.17) is 4.74 Å². The summed E-state index contributed by atoms with van der Waals surface area (Å²) in [4.78, 5) is 12.6. The highest BCUT2D eigenvalue weighted by Crippen LogP contribution is 2.21. The van der Waals surface area contributed by atoms with E-state index in [0.29, 0.717) is 0 Å². The molecule has 0 aliphatic rings. The van der Waals surface area contributed by atoms with Gasteiger partial charge in [-0.1, -0.05) is 111 Å². The molecule has 2 nitrogen and oxygen atoms in total. The molecule has 0 fully saturated rings. The predicted octanol–water partition coefficient (Wildman–Crippen LogP) is 9.01. The van der Waals surface area contributed by atoms with Gasteiger partial charge in [0, 0.05) is 0 Å². The predicted molar refractivity (Wildman–Crippen MR) is 124 cm³/mol. The molecule has 0 aliphatic carbocycles. The monoisotopic (exact) mass is 396 g/mol. The van der Waals surface area contributed by atoms with Crippen LogP contribution in [-0.2, 0) is 9.53 Å². The van der Waals surface area contributed by atoms with E-state index in [-0.39, 0.29) is 18.0 Å². The van der Waals surface area contributed by atoms with Crippen LogP contribution in [0.1, 0.15) is 150 Å². The van der Waals surface area contributed by atoms with Crippen molar-refractivity contribution >= 4 is 5.97 Å². The highest BCUT2D eigenvalue weighted by Gasteiger charge is 2.21. The molecule has 0 saturated heterocycles. The van der Waals surface area contributed by atoms with Crippen molar-refractivity contribution < 1.29 is 9.53 Å². The smallest absolute Gasteiger partial charge is 0.309 e. The zero-order valence-electron chi connectivity index (χ0n) is 19.9. The van der Waals surface area contributed by atoms with Crippen molar-refractivity contribution in [2.24, 2.45) is 5.92 Å². The van der Waals surface area contributed by atoms with Gasteiger partial charge in [0.25, 0.3) is 0 Å². The fourth-order valence-corrected chi connectivity index (χ4v) is 3.94. The number of ether oxygens (including phenoxy) is 1. The largest absolute Gasteiger partial charge is 0.462 e. The van der Waals surface area contributed by atoms with E-state index in [1.165, 1.54) is 83.5 Å². The Morgan fingerprint density at radius 2 is 1.00 bits per heavy atom. The lowest BCUT2D eigenvalue weighted by molar-refractivity contribution is -0.155. The number of rotatable bonds is 21. The molecule has 0 aromatic carbocycles. The molecule has 28 heavy (non-hydrogen) atoms. The van der Waals surface area contributed by atoms with Crippen LogP contribution in [0.25, 0.3) is 0 Å². The van der Waals surface area contributed by atoms with Gasteiger partial charge in [0.15, 0.2) is 0 Å². The summed E-state index contributed by atoms with van der Waals surface area (Å²) in [6, 6.07) is 0. The molecule has 0 N–H and O–H groups in total. The summed E-state index contributed by atoms with van der Waals surface area (Å²) >= 11 is 0. The molecule has 2 atom stereocenters. The van der Waals surface area contributed by atoms with Crippen molar-refractivity contribution in [1.82, 2.24) is 0 Å². The second kappa shape index (κ2) is 21.2. The van der Waals surface area contributed by atoms with Crippen molar-refractivity contribution in [2.45, 2.75) is 156 Å². The lowest BCUT2D eigenvalue weighted by Crippen LogP contribution is -2.24. The highest BCUT2D eigenvalue weighted by molar-refractivity contribution is 5.72. The quantitative estimate of drug-likeness (QED) is 0.143. The number of unbranched alkanes of at least 4 members (excludes halogenated alkanes) is 12. The van der Waals surface area contributed by atoms with E-state index in [1.807, 2.05) is 0 Å². The third kappa shape index (κ3) is 16.4. The number of carbonyl (C=O) groups is 1. The summed E-state index contributed by atoms with van der Waals surface area (Å²) in [6.45, 7) is 8.85. The van der Waals surface area contributed by atoms with E-state index < -0.39 is 0 Å². The summed E-state index contributed by atoms with van der Waals surface area (Å²) in [5.41, 5.74) is 0. The Bertz CT molecular complexity index is 326. The third-order valence-corrected chi connectivity index (χ3v) is 6.02. The SMILES string of the molecule is CCCCCCCCCC(CCCCCCCC)OC(=O)C(CC)CCCC. The Morgan fingerprint density at radius 3 is 1.43 bits per heavy atom. The highest BCUT2D eigenvalue weighted by atomic mass is 16.5. The zero-order chi connectivity index (χ0) is 20.9. The first kappa shape index (κ1) is 27.5. The van der Waals surface area contributed by atoms with E-state index >= 15 is 0 Å². The average Bonchev–Trinajstić information content (AvgIpc) is 2.70. The van der Waals surface area contributed by atoms with Crippen LogP contribution in [0.2, 0.25) is 0 Å². The van der Waals surface area contributed by atoms with Gasteiger partial charge in [-0.3, -0.25) is 4.79 Å². The van der Waals surface area contributed by atoms with E-state index in [1.54, 1.807) is 0 Å². The summed E-state index contributed by atoms with van der Waals surface area (Å²) in [6.07, 6.45) is 23.6. The van der Waals surface area contributed by atoms with Crippen LogP contribution in [-0.4, -0.2) is 12.1 Å². The van der Waals surface area contributed by atoms with Crippen LogP contribution in [0.4, 0.5) is 0 Å². The molecule has 0 aliphatic heterocycles. The maximum atomic E-state index is 12.6. The van der Waals surface area contributed by atoms with Crippen LogP contribution in [0.5, 0.6) is 0 Å². The van der Waals surface area contributed by atoms with Crippen LogP contribution >= 0.6 is 0 Å². The van der Waals surface area contributed by atoms with Crippen molar-refractivity contribution in [3.63, 3.8) is 0 Å². The summed E-state index contributed by atoms with van der Waals surface area (Å²) in [5.74, 6) is 0.191. The molecule has 0 amide bonds. The maximum absolute atomic E-state index is 12.6.